The normalized spacial score (nSPS) is 30.9. The van der Waals surface area contributed by atoms with Gasteiger partial charge in [-0.3, -0.25) is 4.79 Å². The summed E-state index contributed by atoms with van der Waals surface area (Å²) >= 11 is 1.26. The summed E-state index contributed by atoms with van der Waals surface area (Å²) in [6, 6.07) is 19.5. The Labute approximate surface area is 182 Å². The highest BCUT2D eigenvalue weighted by atomic mass is 32.2. The number of carbonyl (C=O) groups excluding carboxylic acids is 1. The van der Waals surface area contributed by atoms with Crippen LogP contribution in [-0.4, -0.2) is 34.0 Å². The van der Waals surface area contributed by atoms with Crippen molar-refractivity contribution in [3.05, 3.63) is 71.8 Å². The lowest BCUT2D eigenvalue weighted by molar-refractivity contribution is -0.183. The second-order valence-corrected chi connectivity index (χ2v) is 9.72. The summed E-state index contributed by atoms with van der Waals surface area (Å²) in [4.78, 5) is 11.6. The van der Waals surface area contributed by atoms with Crippen molar-refractivity contribution in [2.75, 3.05) is 6.61 Å². The molecule has 2 aromatic rings. The van der Waals surface area contributed by atoms with E-state index < -0.39 is 27.4 Å². The first-order chi connectivity index (χ1) is 14.2. The molecule has 6 heteroatoms. The topological polar surface area (TPSA) is 44.8 Å². The van der Waals surface area contributed by atoms with Gasteiger partial charge in [0.15, 0.2) is 11.1 Å². The average molecular weight is 433 g/mol. The zero-order chi connectivity index (χ0) is 21.8. The van der Waals surface area contributed by atoms with E-state index >= 15 is 4.39 Å². The van der Waals surface area contributed by atoms with Gasteiger partial charge in [-0.25, -0.2) is 4.39 Å². The number of thioether (sulfide) groups is 1. The largest absolute Gasteiger partial charge is 0.448 e. The molecule has 4 atom stereocenters. The zero-order valence-electron chi connectivity index (χ0n) is 17.9. The summed E-state index contributed by atoms with van der Waals surface area (Å²) < 4.78 is 33.0. The predicted molar refractivity (Wildman–Crippen MR) is 117 cm³/mol. The number of benzene rings is 2. The maximum atomic E-state index is 16.2. The van der Waals surface area contributed by atoms with Gasteiger partial charge in [0.05, 0.1) is 24.6 Å². The Morgan fingerprint density at radius 3 is 2.03 bits per heavy atom. The summed E-state index contributed by atoms with van der Waals surface area (Å²) in [7, 11) is 0. The van der Waals surface area contributed by atoms with Crippen LogP contribution in [0.2, 0.25) is 0 Å². The Hall–Kier alpha value is -1.89. The van der Waals surface area contributed by atoms with Gasteiger partial charge in [0.1, 0.15) is 5.60 Å². The minimum atomic E-state index is -1.91. The lowest BCUT2D eigenvalue weighted by Crippen LogP contribution is -2.60. The number of hydrogen-bond donors (Lipinski definition) is 0. The summed E-state index contributed by atoms with van der Waals surface area (Å²) in [6.07, 6.45) is 0. The van der Waals surface area contributed by atoms with Crippen molar-refractivity contribution in [3.63, 3.8) is 0 Å². The number of alkyl halides is 1. The van der Waals surface area contributed by atoms with Crippen molar-refractivity contribution in [2.45, 2.75) is 62.4 Å². The third-order valence-electron chi connectivity index (χ3n) is 5.88. The summed E-state index contributed by atoms with van der Waals surface area (Å²) in [5.74, 6) is -0.517. The van der Waals surface area contributed by atoms with Crippen LogP contribution in [0.3, 0.4) is 0 Å². The first-order valence-corrected chi connectivity index (χ1v) is 10.9. The smallest absolute Gasteiger partial charge is 0.303 e. The van der Waals surface area contributed by atoms with E-state index in [4.69, 9.17) is 14.2 Å². The molecule has 30 heavy (non-hydrogen) atoms. The predicted octanol–water partition coefficient (Wildman–Crippen LogP) is 5.30. The molecule has 162 valence electrons. The van der Waals surface area contributed by atoms with Crippen LogP contribution >= 0.6 is 11.8 Å². The van der Waals surface area contributed by atoms with E-state index in [2.05, 4.69) is 0 Å². The van der Waals surface area contributed by atoms with Crippen LogP contribution in [0.15, 0.2) is 60.7 Å². The number of esters is 1. The molecule has 2 unspecified atom stereocenters. The highest BCUT2D eigenvalue weighted by Crippen LogP contribution is 2.59. The van der Waals surface area contributed by atoms with Crippen molar-refractivity contribution < 1.29 is 23.4 Å². The molecule has 1 heterocycles. The third-order valence-corrected chi connectivity index (χ3v) is 7.66. The zero-order valence-corrected chi connectivity index (χ0v) is 18.7. The van der Waals surface area contributed by atoms with Crippen molar-refractivity contribution in [2.24, 2.45) is 0 Å². The summed E-state index contributed by atoms with van der Waals surface area (Å²) in [5, 5.41) is 0. The quantitative estimate of drug-likeness (QED) is 0.530. The molecule has 0 bridgehead atoms. The summed E-state index contributed by atoms with van der Waals surface area (Å²) in [6.45, 7) is 7.30. The molecule has 1 saturated heterocycles. The minimum absolute atomic E-state index is 0.245. The number of halogens is 1. The lowest BCUT2D eigenvalue weighted by atomic mass is 9.78. The first kappa shape index (κ1) is 22.8. The maximum absolute atomic E-state index is 16.2. The van der Waals surface area contributed by atoms with Gasteiger partial charge in [-0.1, -0.05) is 60.7 Å². The number of rotatable bonds is 8. The van der Waals surface area contributed by atoms with E-state index in [0.29, 0.717) is 6.61 Å². The Morgan fingerprint density at radius 2 is 1.50 bits per heavy atom. The molecule has 0 aromatic heterocycles. The van der Waals surface area contributed by atoms with E-state index in [1.165, 1.54) is 25.6 Å². The molecule has 0 radical (unpaired) electrons. The molecule has 0 spiro atoms. The Bertz CT molecular complexity index is 845. The minimum Gasteiger partial charge on any atom is -0.448 e. The molecule has 1 aliphatic rings. The third kappa shape index (κ3) is 4.56. The Morgan fingerprint density at radius 1 is 0.967 bits per heavy atom. The molecule has 3 rings (SSSR count). The summed E-state index contributed by atoms with van der Waals surface area (Å²) in [5.41, 5.74) is -2.17. The molecule has 0 amide bonds. The standard InChI is InChI=1S/C24H29FO4S/c1-18(26)29-21-23(3,25)24(4,28-16-20-13-9-6-10-14-20)22(2,30-21)17-27-15-19-11-7-5-8-12-19/h5-14,21H,15-17H2,1-4H3/t21-,22-,23?,24?/m1/s1. The van der Waals surface area contributed by atoms with Gasteiger partial charge in [-0.15, -0.1) is 11.8 Å². The van der Waals surface area contributed by atoms with E-state index in [1.807, 2.05) is 67.6 Å². The van der Waals surface area contributed by atoms with Gasteiger partial charge in [0.25, 0.3) is 0 Å². The molecule has 4 nitrogen and oxygen atoms in total. The van der Waals surface area contributed by atoms with Crippen molar-refractivity contribution in [3.8, 4) is 0 Å². The van der Waals surface area contributed by atoms with Gasteiger partial charge in [0, 0.05) is 6.92 Å². The van der Waals surface area contributed by atoms with Crippen LogP contribution in [0.25, 0.3) is 0 Å². The SMILES string of the molecule is CC(=O)O[C@@H]1S[C@](C)(COCc2ccccc2)C(C)(OCc2ccccc2)C1(C)F. The fourth-order valence-electron chi connectivity index (χ4n) is 3.69. The van der Waals surface area contributed by atoms with Crippen LogP contribution in [0.5, 0.6) is 0 Å². The second-order valence-electron chi connectivity index (χ2n) is 8.15. The van der Waals surface area contributed by atoms with Crippen molar-refractivity contribution >= 4 is 17.7 Å². The van der Waals surface area contributed by atoms with Crippen LogP contribution in [-0.2, 0) is 32.2 Å². The highest BCUT2D eigenvalue weighted by molar-refractivity contribution is 8.01. The van der Waals surface area contributed by atoms with E-state index in [1.54, 1.807) is 6.92 Å². The van der Waals surface area contributed by atoms with Crippen LogP contribution in [0, 0.1) is 0 Å². The molecule has 0 aliphatic carbocycles. The first-order valence-electron chi connectivity index (χ1n) is 10.0. The van der Waals surface area contributed by atoms with Gasteiger partial charge >= 0.3 is 5.97 Å². The molecule has 1 aliphatic heterocycles. The molecule has 0 N–H and O–H groups in total. The Balaban J connectivity index is 1.81. The van der Waals surface area contributed by atoms with Gasteiger partial charge < -0.3 is 14.2 Å². The van der Waals surface area contributed by atoms with Crippen molar-refractivity contribution in [1.82, 2.24) is 0 Å². The lowest BCUT2D eigenvalue weighted by Gasteiger charge is -2.44. The Kier molecular flexibility index (Phi) is 6.90. The molecular weight excluding hydrogens is 403 g/mol. The van der Waals surface area contributed by atoms with Gasteiger partial charge in [-0.05, 0) is 31.9 Å². The second kappa shape index (κ2) is 9.08. The monoisotopic (exact) mass is 432 g/mol. The van der Waals surface area contributed by atoms with Gasteiger partial charge in [-0.2, -0.15) is 0 Å². The highest BCUT2D eigenvalue weighted by Gasteiger charge is 2.70. The average Bonchev–Trinajstić information content (AvgIpc) is 2.85. The number of ether oxygens (including phenoxy) is 3. The van der Waals surface area contributed by atoms with E-state index in [9.17, 15) is 4.79 Å². The van der Waals surface area contributed by atoms with E-state index in [0.717, 1.165) is 11.1 Å². The molecule has 0 saturated carbocycles. The molecule has 2 aromatic carbocycles. The van der Waals surface area contributed by atoms with Crippen LogP contribution in [0.1, 0.15) is 38.8 Å². The van der Waals surface area contributed by atoms with Gasteiger partial charge in [0.2, 0.25) is 0 Å². The fraction of sp³-hybridized carbons (Fsp3) is 0.458. The molecule has 1 fully saturated rings. The van der Waals surface area contributed by atoms with Crippen LogP contribution < -0.4 is 0 Å². The fourth-order valence-corrected chi connectivity index (χ4v) is 5.43. The van der Waals surface area contributed by atoms with E-state index in [-0.39, 0.29) is 13.2 Å². The number of carbonyl (C=O) groups is 1. The van der Waals surface area contributed by atoms with Crippen LogP contribution in [0.4, 0.5) is 4.39 Å². The molecular formula is C24H29FO4S. The maximum Gasteiger partial charge on any atom is 0.303 e. The number of hydrogen-bond acceptors (Lipinski definition) is 5. The van der Waals surface area contributed by atoms with Crippen molar-refractivity contribution in [1.29, 1.82) is 0 Å².